The van der Waals surface area contributed by atoms with Gasteiger partial charge in [-0.3, -0.25) is 0 Å². The van der Waals surface area contributed by atoms with Crippen molar-refractivity contribution >= 4 is 8.32 Å². The fraction of sp³-hybridized carbons (Fsp3) is 0.714. The van der Waals surface area contributed by atoms with Crippen molar-refractivity contribution in [3.8, 4) is 5.75 Å². The first-order valence-electron chi connectivity index (χ1n) is 9.68. The Balaban J connectivity index is 2.47. The first-order chi connectivity index (χ1) is 11.5. The van der Waals surface area contributed by atoms with Crippen molar-refractivity contribution in [2.45, 2.75) is 83.5 Å². The summed E-state index contributed by atoms with van der Waals surface area (Å²) in [5, 5.41) is 10.6. The highest BCUT2D eigenvalue weighted by atomic mass is 28.4. The summed E-state index contributed by atoms with van der Waals surface area (Å²) in [6.07, 6.45) is 0. The first kappa shape index (κ1) is 20.5. The number of rotatable bonds is 7. The lowest BCUT2D eigenvalue weighted by atomic mass is 9.88. The molecule has 0 atom stereocenters. The van der Waals surface area contributed by atoms with E-state index in [2.05, 4.69) is 67.5 Å². The van der Waals surface area contributed by atoms with Gasteiger partial charge in [-0.05, 0) is 45.8 Å². The Hall–Kier alpha value is -0.843. The van der Waals surface area contributed by atoms with Crippen molar-refractivity contribution in [3.63, 3.8) is 0 Å². The largest absolute Gasteiger partial charge is 0.542 e. The van der Waals surface area contributed by atoms with Crippen LogP contribution in [0.25, 0.3) is 0 Å². The summed E-state index contributed by atoms with van der Waals surface area (Å²) < 4.78 is 12.1. The van der Waals surface area contributed by atoms with E-state index < -0.39 is 13.9 Å². The highest BCUT2D eigenvalue weighted by Crippen LogP contribution is 2.45. The van der Waals surface area contributed by atoms with Crippen molar-refractivity contribution in [1.82, 2.24) is 0 Å². The Kier molecular flexibility index (Phi) is 6.07. The van der Waals surface area contributed by atoms with E-state index in [1.807, 2.05) is 6.07 Å². The Morgan fingerprint density at radius 3 is 1.84 bits per heavy atom. The van der Waals surface area contributed by atoms with E-state index in [4.69, 9.17) is 9.16 Å². The van der Waals surface area contributed by atoms with Crippen LogP contribution in [0, 0.1) is 0 Å². The molecule has 142 valence electrons. The van der Waals surface area contributed by atoms with Crippen LogP contribution in [-0.4, -0.2) is 26.6 Å². The number of hydrogen-bond acceptors (Lipinski definition) is 3. The van der Waals surface area contributed by atoms with Crippen molar-refractivity contribution in [1.29, 1.82) is 0 Å². The SMILES string of the molecule is CC(C)c1cc(C2(O)COC2)ccc1O[Si](C(C)C)(C(C)C)C(C)C. The zero-order chi connectivity index (χ0) is 19.0. The van der Waals surface area contributed by atoms with Crippen LogP contribution in [0.15, 0.2) is 18.2 Å². The summed E-state index contributed by atoms with van der Waals surface area (Å²) in [7, 11) is -1.99. The Morgan fingerprint density at radius 1 is 0.960 bits per heavy atom. The van der Waals surface area contributed by atoms with Crippen molar-refractivity contribution in [2.75, 3.05) is 13.2 Å². The highest BCUT2D eigenvalue weighted by molar-refractivity contribution is 6.78. The van der Waals surface area contributed by atoms with E-state index in [-0.39, 0.29) is 0 Å². The molecule has 0 unspecified atom stereocenters. The van der Waals surface area contributed by atoms with Crippen LogP contribution in [-0.2, 0) is 10.3 Å². The van der Waals surface area contributed by atoms with E-state index in [1.165, 1.54) is 5.56 Å². The van der Waals surface area contributed by atoms with Crippen LogP contribution < -0.4 is 4.43 Å². The summed E-state index contributed by atoms with van der Waals surface area (Å²) in [6.45, 7) is 19.0. The fourth-order valence-corrected chi connectivity index (χ4v) is 9.66. The molecule has 0 aromatic heterocycles. The molecular weight excluding hydrogens is 328 g/mol. The minimum absolute atomic E-state index is 0.345. The lowest BCUT2D eigenvalue weighted by Gasteiger charge is -2.43. The Labute approximate surface area is 154 Å². The van der Waals surface area contributed by atoms with Crippen LogP contribution in [0.3, 0.4) is 0 Å². The third kappa shape index (κ3) is 3.67. The van der Waals surface area contributed by atoms with Gasteiger partial charge >= 0.3 is 0 Å². The summed E-state index contributed by atoms with van der Waals surface area (Å²) in [5.74, 6) is 1.35. The molecule has 1 heterocycles. The highest BCUT2D eigenvalue weighted by Gasteiger charge is 2.47. The van der Waals surface area contributed by atoms with Gasteiger partial charge < -0.3 is 14.3 Å². The second-order valence-corrected chi connectivity index (χ2v) is 14.2. The van der Waals surface area contributed by atoms with Gasteiger partial charge in [0.1, 0.15) is 11.4 Å². The molecule has 25 heavy (non-hydrogen) atoms. The molecule has 3 nitrogen and oxygen atoms in total. The molecule has 1 aliphatic rings. The van der Waals surface area contributed by atoms with Gasteiger partial charge in [-0.15, -0.1) is 0 Å². The lowest BCUT2D eigenvalue weighted by Crippen LogP contribution is -2.51. The van der Waals surface area contributed by atoms with E-state index in [0.717, 1.165) is 11.3 Å². The summed E-state index contributed by atoms with van der Waals surface area (Å²) in [5.41, 5.74) is 2.92. The molecule has 0 spiro atoms. The molecule has 0 bridgehead atoms. The van der Waals surface area contributed by atoms with E-state index >= 15 is 0 Å². The van der Waals surface area contributed by atoms with Gasteiger partial charge in [-0.2, -0.15) is 0 Å². The summed E-state index contributed by atoms with van der Waals surface area (Å²) in [4.78, 5) is 0. The molecular formula is C21H36O3Si. The topological polar surface area (TPSA) is 38.7 Å². The van der Waals surface area contributed by atoms with E-state index in [1.54, 1.807) is 0 Å². The standard InChI is InChI=1S/C21H36O3Si/c1-14(2)19-11-18(21(22)12-23-13-21)9-10-20(19)24-25(15(3)4,16(5)6)17(7)8/h9-11,14-17,22H,12-13H2,1-8H3. The molecule has 0 aliphatic carbocycles. The van der Waals surface area contributed by atoms with Crippen molar-refractivity contribution in [3.05, 3.63) is 29.3 Å². The second-order valence-electron chi connectivity index (χ2n) is 8.85. The van der Waals surface area contributed by atoms with Gasteiger partial charge in [0, 0.05) is 0 Å². The monoisotopic (exact) mass is 364 g/mol. The lowest BCUT2D eigenvalue weighted by molar-refractivity contribution is -0.184. The molecule has 1 aromatic rings. The van der Waals surface area contributed by atoms with Crippen LogP contribution in [0.5, 0.6) is 5.75 Å². The number of aliphatic hydroxyl groups is 1. The quantitative estimate of drug-likeness (QED) is 0.642. The normalized spacial score (nSPS) is 17.5. The number of benzene rings is 1. The fourth-order valence-electron chi connectivity index (χ4n) is 4.39. The molecule has 1 fully saturated rings. The molecule has 0 radical (unpaired) electrons. The Bertz CT molecular complexity index is 567. The molecule has 4 heteroatoms. The van der Waals surface area contributed by atoms with Gasteiger partial charge in [-0.25, -0.2) is 0 Å². The molecule has 1 saturated heterocycles. The molecule has 0 amide bonds. The van der Waals surface area contributed by atoms with Crippen molar-refractivity contribution < 1.29 is 14.3 Å². The Morgan fingerprint density at radius 2 is 1.48 bits per heavy atom. The minimum atomic E-state index is -1.99. The zero-order valence-electron chi connectivity index (χ0n) is 17.2. The number of ether oxygens (including phenoxy) is 1. The maximum atomic E-state index is 10.6. The third-order valence-corrected chi connectivity index (χ3v) is 11.8. The zero-order valence-corrected chi connectivity index (χ0v) is 18.2. The molecule has 1 aliphatic heterocycles. The van der Waals surface area contributed by atoms with Gasteiger partial charge in [0.05, 0.1) is 13.2 Å². The van der Waals surface area contributed by atoms with E-state index in [9.17, 15) is 5.11 Å². The molecule has 0 saturated carbocycles. The smallest absolute Gasteiger partial charge is 0.258 e. The maximum Gasteiger partial charge on any atom is 0.258 e. The molecule has 2 rings (SSSR count). The van der Waals surface area contributed by atoms with Crippen LogP contribution in [0.4, 0.5) is 0 Å². The molecule has 1 aromatic carbocycles. The predicted molar refractivity (Wildman–Crippen MR) is 107 cm³/mol. The molecule has 1 N–H and O–H groups in total. The van der Waals surface area contributed by atoms with Gasteiger partial charge in [0.25, 0.3) is 8.32 Å². The third-order valence-electron chi connectivity index (χ3n) is 5.84. The minimum Gasteiger partial charge on any atom is -0.542 e. The van der Waals surface area contributed by atoms with E-state index in [0.29, 0.717) is 35.8 Å². The van der Waals surface area contributed by atoms with Gasteiger partial charge in [-0.1, -0.05) is 61.5 Å². The average molecular weight is 365 g/mol. The second kappa shape index (κ2) is 7.41. The van der Waals surface area contributed by atoms with Crippen LogP contribution in [0.1, 0.15) is 72.4 Å². The predicted octanol–water partition coefficient (Wildman–Crippen LogP) is 5.58. The maximum absolute atomic E-state index is 10.6. The van der Waals surface area contributed by atoms with Crippen LogP contribution in [0.2, 0.25) is 16.6 Å². The number of hydrogen-bond donors (Lipinski definition) is 1. The van der Waals surface area contributed by atoms with Gasteiger partial charge in [0.15, 0.2) is 0 Å². The summed E-state index contributed by atoms with van der Waals surface area (Å²) >= 11 is 0. The average Bonchev–Trinajstić information content (AvgIpc) is 2.48. The van der Waals surface area contributed by atoms with Crippen LogP contribution >= 0.6 is 0 Å². The first-order valence-corrected chi connectivity index (χ1v) is 11.8. The van der Waals surface area contributed by atoms with Gasteiger partial charge in [0.2, 0.25) is 0 Å². The summed E-state index contributed by atoms with van der Waals surface area (Å²) in [6, 6.07) is 6.22. The van der Waals surface area contributed by atoms with Crippen molar-refractivity contribution in [2.24, 2.45) is 0 Å².